The van der Waals surface area contributed by atoms with Crippen molar-refractivity contribution in [3.63, 3.8) is 0 Å². The third-order valence-corrected chi connectivity index (χ3v) is 2.75. The van der Waals surface area contributed by atoms with E-state index in [0.29, 0.717) is 43.1 Å². The highest BCUT2D eigenvalue weighted by atomic mass is 19.1. The van der Waals surface area contributed by atoms with Gasteiger partial charge in [-0.3, -0.25) is 4.79 Å². The maximum atomic E-state index is 13.8. The van der Waals surface area contributed by atoms with Crippen LogP contribution in [0.25, 0.3) is 0 Å². The number of rotatable bonds is 4. The molecular weight excluding hydrogens is 239 g/mol. The highest BCUT2D eigenvalue weighted by molar-refractivity contribution is 5.66. The summed E-state index contributed by atoms with van der Waals surface area (Å²) in [7, 11) is 0. The van der Waals surface area contributed by atoms with E-state index in [1.807, 2.05) is 0 Å². The Morgan fingerprint density at radius 3 is 2.61 bits per heavy atom. The monoisotopic (exact) mass is 254 g/mol. The van der Waals surface area contributed by atoms with Crippen molar-refractivity contribution in [2.24, 2.45) is 0 Å². The zero-order valence-electron chi connectivity index (χ0n) is 9.95. The van der Waals surface area contributed by atoms with Crippen LogP contribution < -0.4 is 9.47 Å². The van der Waals surface area contributed by atoms with Crippen LogP contribution >= 0.6 is 0 Å². The minimum atomic E-state index is -0.871. The summed E-state index contributed by atoms with van der Waals surface area (Å²) in [6.45, 7) is 1.07. The molecular formula is C13H15FO4. The smallest absolute Gasteiger partial charge is 0.303 e. The number of halogens is 1. The molecule has 0 atom stereocenters. The molecule has 0 aromatic heterocycles. The fraction of sp³-hybridized carbons (Fsp3) is 0.462. The highest BCUT2D eigenvalue weighted by Gasteiger charge is 2.15. The molecule has 5 heteroatoms. The summed E-state index contributed by atoms with van der Waals surface area (Å²) in [6.07, 6.45) is 1.60. The summed E-state index contributed by atoms with van der Waals surface area (Å²) >= 11 is 0. The van der Waals surface area contributed by atoms with Crippen LogP contribution in [0, 0.1) is 5.82 Å². The Bertz CT molecular complexity index is 445. The summed E-state index contributed by atoms with van der Waals surface area (Å²) in [5.41, 5.74) is 0.473. The van der Waals surface area contributed by atoms with Gasteiger partial charge in [-0.05, 0) is 24.5 Å². The van der Waals surface area contributed by atoms with Gasteiger partial charge in [-0.2, -0.15) is 0 Å². The minimum Gasteiger partial charge on any atom is -0.490 e. The normalized spacial score (nSPS) is 14.1. The fourth-order valence-corrected chi connectivity index (χ4v) is 1.85. The van der Waals surface area contributed by atoms with Crippen molar-refractivity contribution in [1.82, 2.24) is 0 Å². The minimum absolute atomic E-state index is 0.0356. The molecule has 1 aliphatic rings. The largest absolute Gasteiger partial charge is 0.490 e. The first-order valence-electron chi connectivity index (χ1n) is 5.96. The Hall–Kier alpha value is -1.78. The Morgan fingerprint density at radius 1 is 1.28 bits per heavy atom. The fourth-order valence-electron chi connectivity index (χ4n) is 1.85. The Kier molecular flexibility index (Phi) is 4.02. The molecule has 0 unspecified atom stereocenters. The molecule has 98 valence electrons. The van der Waals surface area contributed by atoms with Crippen LogP contribution in [0.3, 0.4) is 0 Å². The van der Waals surface area contributed by atoms with Crippen LogP contribution in [0.5, 0.6) is 11.5 Å². The Morgan fingerprint density at radius 2 is 1.94 bits per heavy atom. The molecule has 1 heterocycles. The van der Waals surface area contributed by atoms with Gasteiger partial charge in [0, 0.05) is 18.9 Å². The SMILES string of the molecule is O=C(O)CCCc1cc2c(cc1F)OCCCO2. The second-order valence-electron chi connectivity index (χ2n) is 4.19. The molecule has 0 radical (unpaired) electrons. The molecule has 4 nitrogen and oxygen atoms in total. The number of hydrogen-bond donors (Lipinski definition) is 1. The van der Waals surface area contributed by atoms with Gasteiger partial charge in [-0.15, -0.1) is 0 Å². The van der Waals surface area contributed by atoms with E-state index < -0.39 is 5.97 Å². The molecule has 2 rings (SSSR count). The van der Waals surface area contributed by atoms with Crippen LogP contribution in [0.2, 0.25) is 0 Å². The zero-order valence-corrected chi connectivity index (χ0v) is 9.95. The maximum absolute atomic E-state index is 13.8. The number of benzene rings is 1. The molecule has 0 aliphatic carbocycles. The van der Waals surface area contributed by atoms with Gasteiger partial charge >= 0.3 is 5.97 Å². The predicted molar refractivity (Wildman–Crippen MR) is 62.6 cm³/mol. The average molecular weight is 254 g/mol. The molecule has 0 spiro atoms. The molecule has 1 aliphatic heterocycles. The maximum Gasteiger partial charge on any atom is 0.303 e. The van der Waals surface area contributed by atoms with Gasteiger partial charge in [0.15, 0.2) is 11.5 Å². The van der Waals surface area contributed by atoms with Gasteiger partial charge in [-0.25, -0.2) is 4.39 Å². The lowest BCUT2D eigenvalue weighted by atomic mass is 10.1. The first-order chi connectivity index (χ1) is 8.66. The third kappa shape index (κ3) is 3.12. The molecule has 0 amide bonds. The lowest BCUT2D eigenvalue weighted by molar-refractivity contribution is -0.137. The molecule has 18 heavy (non-hydrogen) atoms. The summed E-state index contributed by atoms with van der Waals surface area (Å²) in [5.74, 6) is -0.277. The van der Waals surface area contributed by atoms with E-state index in [-0.39, 0.29) is 12.2 Å². The highest BCUT2D eigenvalue weighted by Crippen LogP contribution is 2.32. The average Bonchev–Trinajstić information content (AvgIpc) is 2.53. The molecule has 0 bridgehead atoms. The van der Waals surface area contributed by atoms with Crippen LogP contribution in [0.15, 0.2) is 12.1 Å². The second kappa shape index (κ2) is 5.71. The van der Waals surface area contributed by atoms with E-state index in [2.05, 4.69) is 0 Å². The molecule has 1 aromatic carbocycles. The number of aryl methyl sites for hydroxylation is 1. The van der Waals surface area contributed by atoms with Gasteiger partial charge in [0.2, 0.25) is 0 Å². The summed E-state index contributed by atoms with van der Waals surface area (Å²) in [5, 5.41) is 8.55. The first kappa shape index (κ1) is 12.7. The number of fused-ring (bicyclic) bond motifs is 1. The predicted octanol–water partition coefficient (Wildman–Crippen LogP) is 2.39. The van der Waals surface area contributed by atoms with E-state index in [0.717, 1.165) is 6.42 Å². The van der Waals surface area contributed by atoms with E-state index in [1.54, 1.807) is 6.07 Å². The molecule has 1 aromatic rings. The summed E-state index contributed by atoms with van der Waals surface area (Å²) in [6, 6.07) is 2.93. The third-order valence-electron chi connectivity index (χ3n) is 2.75. The van der Waals surface area contributed by atoms with Crippen molar-refractivity contribution in [3.05, 3.63) is 23.5 Å². The second-order valence-corrected chi connectivity index (χ2v) is 4.19. The standard InChI is InChI=1S/C13H15FO4/c14-10-8-12-11(17-5-2-6-18-12)7-9(10)3-1-4-13(15)16/h7-8H,1-6H2,(H,15,16). The van der Waals surface area contributed by atoms with Crippen molar-refractivity contribution in [2.75, 3.05) is 13.2 Å². The van der Waals surface area contributed by atoms with Crippen molar-refractivity contribution in [1.29, 1.82) is 0 Å². The number of carboxylic acids is 1. The Labute approximate surface area is 104 Å². The Balaban J connectivity index is 2.11. The number of carbonyl (C=O) groups is 1. The van der Waals surface area contributed by atoms with Gasteiger partial charge in [0.1, 0.15) is 5.82 Å². The quantitative estimate of drug-likeness (QED) is 0.896. The van der Waals surface area contributed by atoms with E-state index in [1.165, 1.54) is 6.07 Å². The first-order valence-corrected chi connectivity index (χ1v) is 5.96. The zero-order chi connectivity index (χ0) is 13.0. The summed E-state index contributed by atoms with van der Waals surface area (Å²) < 4.78 is 24.6. The van der Waals surface area contributed by atoms with E-state index in [4.69, 9.17) is 14.6 Å². The van der Waals surface area contributed by atoms with Crippen LogP contribution in [-0.4, -0.2) is 24.3 Å². The molecule has 1 N–H and O–H groups in total. The topological polar surface area (TPSA) is 55.8 Å². The lowest BCUT2D eigenvalue weighted by Crippen LogP contribution is -1.99. The van der Waals surface area contributed by atoms with Crippen LogP contribution in [0.1, 0.15) is 24.8 Å². The number of carboxylic acid groups (broad SMARTS) is 1. The van der Waals surface area contributed by atoms with E-state index in [9.17, 15) is 9.18 Å². The molecule has 0 fully saturated rings. The summed E-state index contributed by atoms with van der Waals surface area (Å²) in [4.78, 5) is 10.4. The van der Waals surface area contributed by atoms with Gasteiger partial charge in [-0.1, -0.05) is 0 Å². The molecule has 0 saturated heterocycles. The van der Waals surface area contributed by atoms with Gasteiger partial charge < -0.3 is 14.6 Å². The van der Waals surface area contributed by atoms with Crippen molar-refractivity contribution >= 4 is 5.97 Å². The molecule has 0 saturated carbocycles. The van der Waals surface area contributed by atoms with Gasteiger partial charge in [0.05, 0.1) is 13.2 Å². The van der Waals surface area contributed by atoms with Crippen molar-refractivity contribution in [3.8, 4) is 11.5 Å². The number of aliphatic carboxylic acids is 1. The number of hydrogen-bond acceptors (Lipinski definition) is 3. The van der Waals surface area contributed by atoms with Crippen LogP contribution in [0.4, 0.5) is 4.39 Å². The van der Waals surface area contributed by atoms with E-state index >= 15 is 0 Å². The van der Waals surface area contributed by atoms with Gasteiger partial charge in [0.25, 0.3) is 0 Å². The lowest BCUT2D eigenvalue weighted by Gasteiger charge is -2.10. The van der Waals surface area contributed by atoms with Crippen LogP contribution in [-0.2, 0) is 11.2 Å². The van der Waals surface area contributed by atoms with Crippen molar-refractivity contribution < 1.29 is 23.8 Å². The van der Waals surface area contributed by atoms with Crippen molar-refractivity contribution in [2.45, 2.75) is 25.7 Å². The number of ether oxygens (including phenoxy) is 2.